The van der Waals surface area contributed by atoms with Crippen LogP contribution in [0.15, 0.2) is 48.5 Å². The molecule has 2 aromatic rings. The molecule has 0 aliphatic heterocycles. The van der Waals surface area contributed by atoms with Crippen molar-refractivity contribution in [1.29, 1.82) is 0 Å². The first-order chi connectivity index (χ1) is 6.70. The zero-order chi connectivity index (χ0) is 10.4. The number of hydrogen-bond donors (Lipinski definition) is 0. The Hall–Kier alpha value is -1.01. The molecule has 0 aliphatic rings. The van der Waals surface area contributed by atoms with Crippen molar-refractivity contribution in [3.05, 3.63) is 48.5 Å². The molecule has 0 fully saturated rings. The largest absolute Gasteiger partial charge is 0.124 e. The minimum Gasteiger partial charge on any atom is -0.124 e. The number of rotatable bonds is 0. The van der Waals surface area contributed by atoms with Crippen molar-refractivity contribution in [2.75, 3.05) is 0 Å². The summed E-state index contributed by atoms with van der Waals surface area (Å²) in [6.45, 7) is 3.86. The van der Waals surface area contributed by atoms with E-state index >= 15 is 0 Å². The maximum Gasteiger partial charge on any atom is 0.0279 e. The molecular formula is C13H15Cl. The van der Waals surface area contributed by atoms with Gasteiger partial charge in [-0.2, -0.15) is 0 Å². The first-order valence-corrected chi connectivity index (χ1v) is 5.21. The van der Waals surface area contributed by atoms with Crippen molar-refractivity contribution < 1.29 is 0 Å². The summed E-state index contributed by atoms with van der Waals surface area (Å²) in [5, 5.41) is 2.93. The van der Waals surface area contributed by atoms with Gasteiger partial charge < -0.3 is 0 Å². The van der Waals surface area contributed by atoms with E-state index in [2.05, 4.69) is 48.5 Å². The number of alkyl halides is 1. The normalized spacial score (nSPS) is 9.71. The van der Waals surface area contributed by atoms with Crippen LogP contribution in [-0.2, 0) is 0 Å². The van der Waals surface area contributed by atoms with Crippen LogP contribution in [0, 0.1) is 0 Å². The summed E-state index contributed by atoms with van der Waals surface area (Å²) < 4.78 is 0. The second-order valence-electron chi connectivity index (χ2n) is 3.36. The smallest absolute Gasteiger partial charge is 0.0279 e. The average molecular weight is 207 g/mol. The molecule has 0 amide bonds. The summed E-state index contributed by atoms with van der Waals surface area (Å²) in [6, 6.07) is 16.7. The van der Waals surface area contributed by atoms with Crippen LogP contribution in [0.4, 0.5) is 0 Å². The Balaban J connectivity index is 0.000000213. The minimum atomic E-state index is 0.306. The Morgan fingerprint density at radius 1 is 0.786 bits per heavy atom. The van der Waals surface area contributed by atoms with E-state index in [1.54, 1.807) is 0 Å². The van der Waals surface area contributed by atoms with Gasteiger partial charge in [-0.1, -0.05) is 48.5 Å². The Morgan fingerprint density at radius 2 is 1.00 bits per heavy atom. The van der Waals surface area contributed by atoms with Gasteiger partial charge in [-0.3, -0.25) is 0 Å². The molecule has 74 valence electrons. The van der Waals surface area contributed by atoms with Gasteiger partial charge in [0, 0.05) is 5.38 Å². The zero-order valence-electron chi connectivity index (χ0n) is 8.57. The summed E-state index contributed by atoms with van der Waals surface area (Å²) in [7, 11) is 0. The molecule has 2 rings (SSSR count). The van der Waals surface area contributed by atoms with Crippen LogP contribution in [0.25, 0.3) is 10.8 Å². The van der Waals surface area contributed by atoms with Gasteiger partial charge in [-0.25, -0.2) is 0 Å². The predicted octanol–water partition coefficient (Wildman–Crippen LogP) is 4.47. The van der Waals surface area contributed by atoms with E-state index < -0.39 is 0 Å². The Morgan fingerprint density at radius 3 is 1.21 bits per heavy atom. The first-order valence-electron chi connectivity index (χ1n) is 4.78. The molecule has 1 heteroatoms. The third-order valence-electron chi connectivity index (χ3n) is 1.66. The molecule has 0 heterocycles. The standard InChI is InChI=1S/C10H8.C3H7Cl/c1-2-6-10-8-4-3-7-9(10)5-1;1-3(2)4/h1-8H;3H,1-2H3. The van der Waals surface area contributed by atoms with E-state index in [0.29, 0.717) is 5.38 Å². The topological polar surface area (TPSA) is 0 Å². The molecule has 14 heavy (non-hydrogen) atoms. The zero-order valence-corrected chi connectivity index (χ0v) is 9.33. The first kappa shape index (κ1) is 11.1. The SMILES string of the molecule is CC(C)Cl.c1ccc2ccccc2c1. The van der Waals surface area contributed by atoms with E-state index in [1.165, 1.54) is 10.8 Å². The van der Waals surface area contributed by atoms with Gasteiger partial charge >= 0.3 is 0 Å². The van der Waals surface area contributed by atoms with Crippen molar-refractivity contribution >= 4 is 22.4 Å². The molecule has 0 spiro atoms. The quantitative estimate of drug-likeness (QED) is 0.558. The van der Waals surface area contributed by atoms with Crippen molar-refractivity contribution in [3.63, 3.8) is 0 Å². The monoisotopic (exact) mass is 206 g/mol. The predicted molar refractivity (Wildman–Crippen MR) is 64.9 cm³/mol. The molecule has 0 bridgehead atoms. The summed E-state index contributed by atoms with van der Waals surface area (Å²) in [6.07, 6.45) is 0. The number of halogens is 1. The van der Waals surface area contributed by atoms with Crippen LogP contribution in [-0.4, -0.2) is 5.38 Å². The van der Waals surface area contributed by atoms with Gasteiger partial charge in [-0.05, 0) is 24.6 Å². The van der Waals surface area contributed by atoms with Crippen LogP contribution in [0.5, 0.6) is 0 Å². The van der Waals surface area contributed by atoms with Crippen LogP contribution < -0.4 is 0 Å². The van der Waals surface area contributed by atoms with E-state index in [-0.39, 0.29) is 0 Å². The Kier molecular flexibility index (Phi) is 4.48. The van der Waals surface area contributed by atoms with Gasteiger partial charge in [0.15, 0.2) is 0 Å². The molecule has 2 aromatic carbocycles. The third-order valence-corrected chi connectivity index (χ3v) is 1.66. The van der Waals surface area contributed by atoms with Crippen molar-refractivity contribution in [2.24, 2.45) is 0 Å². The highest BCUT2D eigenvalue weighted by Gasteiger charge is 1.85. The molecule has 0 unspecified atom stereocenters. The van der Waals surface area contributed by atoms with Crippen molar-refractivity contribution in [2.45, 2.75) is 19.2 Å². The molecule has 0 aliphatic carbocycles. The fourth-order valence-electron chi connectivity index (χ4n) is 1.13. The van der Waals surface area contributed by atoms with E-state index in [1.807, 2.05) is 13.8 Å². The van der Waals surface area contributed by atoms with Gasteiger partial charge in [0.05, 0.1) is 0 Å². The lowest BCUT2D eigenvalue weighted by atomic mass is 10.1. The average Bonchev–Trinajstić information content (AvgIpc) is 2.17. The highest BCUT2D eigenvalue weighted by Crippen LogP contribution is 2.11. The molecule has 0 atom stereocenters. The van der Waals surface area contributed by atoms with E-state index in [9.17, 15) is 0 Å². The number of fused-ring (bicyclic) bond motifs is 1. The van der Waals surface area contributed by atoms with Gasteiger partial charge in [0.1, 0.15) is 0 Å². The summed E-state index contributed by atoms with van der Waals surface area (Å²) in [5.41, 5.74) is 0. The molecule has 0 saturated heterocycles. The fourth-order valence-corrected chi connectivity index (χ4v) is 1.13. The van der Waals surface area contributed by atoms with Crippen LogP contribution >= 0.6 is 11.6 Å². The second kappa shape index (κ2) is 5.66. The van der Waals surface area contributed by atoms with Crippen LogP contribution in [0.2, 0.25) is 0 Å². The van der Waals surface area contributed by atoms with Crippen molar-refractivity contribution in [3.8, 4) is 0 Å². The molecule has 0 N–H and O–H groups in total. The Labute approximate surface area is 90.5 Å². The lowest BCUT2D eigenvalue weighted by Crippen LogP contribution is -1.70. The van der Waals surface area contributed by atoms with E-state index in [4.69, 9.17) is 11.6 Å². The second-order valence-corrected chi connectivity index (χ2v) is 4.23. The lowest BCUT2D eigenvalue weighted by Gasteiger charge is -1.92. The number of hydrogen-bond acceptors (Lipinski definition) is 0. The molecular weight excluding hydrogens is 192 g/mol. The van der Waals surface area contributed by atoms with Gasteiger partial charge in [-0.15, -0.1) is 11.6 Å². The minimum absolute atomic E-state index is 0.306. The number of benzene rings is 2. The summed E-state index contributed by atoms with van der Waals surface area (Å²) in [5.74, 6) is 0. The Bertz CT molecular complexity index is 311. The molecule has 0 saturated carbocycles. The summed E-state index contributed by atoms with van der Waals surface area (Å²) >= 11 is 5.27. The lowest BCUT2D eigenvalue weighted by molar-refractivity contribution is 1.10. The van der Waals surface area contributed by atoms with Crippen molar-refractivity contribution in [1.82, 2.24) is 0 Å². The van der Waals surface area contributed by atoms with Crippen LogP contribution in [0.3, 0.4) is 0 Å². The molecule has 0 nitrogen and oxygen atoms in total. The van der Waals surface area contributed by atoms with Gasteiger partial charge in [0.2, 0.25) is 0 Å². The van der Waals surface area contributed by atoms with Crippen LogP contribution in [0.1, 0.15) is 13.8 Å². The maximum absolute atomic E-state index is 5.27. The summed E-state index contributed by atoms with van der Waals surface area (Å²) in [4.78, 5) is 0. The van der Waals surface area contributed by atoms with E-state index in [0.717, 1.165) is 0 Å². The molecule has 0 aromatic heterocycles. The highest BCUT2D eigenvalue weighted by molar-refractivity contribution is 6.20. The third kappa shape index (κ3) is 3.80. The molecule has 0 radical (unpaired) electrons. The fraction of sp³-hybridized carbons (Fsp3) is 0.231. The van der Waals surface area contributed by atoms with Gasteiger partial charge in [0.25, 0.3) is 0 Å². The maximum atomic E-state index is 5.27. The highest BCUT2D eigenvalue weighted by atomic mass is 35.5.